The molecule has 0 aromatic carbocycles. The monoisotopic (exact) mass is 257 g/mol. The zero-order chi connectivity index (χ0) is 13.7. The smallest absolute Gasteiger partial charge is 0.404 e. The van der Waals surface area contributed by atoms with Crippen molar-refractivity contribution in [3.05, 3.63) is 23.6 Å². The summed E-state index contributed by atoms with van der Waals surface area (Å²) < 4.78 is 18.5. The van der Waals surface area contributed by atoms with Gasteiger partial charge in [-0.15, -0.1) is 0 Å². The van der Waals surface area contributed by atoms with E-state index in [1.165, 1.54) is 6.07 Å². The average Bonchev–Trinajstić information content (AvgIpc) is 2.28. The first kappa shape index (κ1) is 14.2. The predicted molar refractivity (Wildman–Crippen MR) is 62.9 cm³/mol. The van der Waals surface area contributed by atoms with Crippen LogP contribution in [-0.4, -0.2) is 28.8 Å². The summed E-state index contributed by atoms with van der Waals surface area (Å²) in [5.41, 5.74) is 6.13. The van der Waals surface area contributed by atoms with E-state index in [0.717, 1.165) is 6.20 Å². The number of rotatable bonds is 5. The average molecular weight is 257 g/mol. The highest BCUT2D eigenvalue weighted by atomic mass is 19.1. The summed E-state index contributed by atoms with van der Waals surface area (Å²) in [6.07, 6.45) is -0.542. The molecule has 1 aromatic heterocycles. The molecular formula is C11H16FN3O3. The van der Waals surface area contributed by atoms with Crippen LogP contribution in [0, 0.1) is 5.82 Å². The number of amides is 1. The molecule has 0 spiro atoms. The number of nitrogens with one attached hydrogen (secondary N) is 1. The second-order valence-electron chi connectivity index (χ2n) is 3.95. The first-order chi connectivity index (χ1) is 8.40. The Kier molecular flexibility index (Phi) is 4.85. The minimum Gasteiger partial charge on any atom is -0.473 e. The molecule has 0 radical (unpaired) electrons. The quantitative estimate of drug-likeness (QED) is 0.738. The highest BCUT2D eigenvalue weighted by Crippen LogP contribution is 2.22. The lowest BCUT2D eigenvalue weighted by molar-refractivity contribution is 0.175. The number of hydrogen-bond donors (Lipinski definition) is 3. The summed E-state index contributed by atoms with van der Waals surface area (Å²) in [5.74, 6) is -0.281. The summed E-state index contributed by atoms with van der Waals surface area (Å²) in [5, 5.41) is 10.6. The molecule has 1 rings (SSSR count). The van der Waals surface area contributed by atoms with Gasteiger partial charge in [-0.25, -0.2) is 14.2 Å². The van der Waals surface area contributed by atoms with Crippen molar-refractivity contribution in [3.63, 3.8) is 0 Å². The Morgan fingerprint density at radius 1 is 1.67 bits per heavy atom. The number of pyridine rings is 1. The van der Waals surface area contributed by atoms with Gasteiger partial charge >= 0.3 is 6.09 Å². The minimum atomic E-state index is -1.13. The molecule has 18 heavy (non-hydrogen) atoms. The van der Waals surface area contributed by atoms with Crippen LogP contribution in [0.25, 0.3) is 0 Å². The van der Waals surface area contributed by atoms with Crippen LogP contribution >= 0.6 is 0 Å². The Labute approximate surface area is 104 Å². The third-order valence-electron chi connectivity index (χ3n) is 2.19. The maximum Gasteiger partial charge on any atom is 0.404 e. The number of carboxylic acid groups (broad SMARTS) is 1. The van der Waals surface area contributed by atoms with Crippen molar-refractivity contribution < 1.29 is 19.0 Å². The molecule has 4 N–H and O–H groups in total. The van der Waals surface area contributed by atoms with E-state index >= 15 is 0 Å². The summed E-state index contributed by atoms with van der Waals surface area (Å²) >= 11 is 0. The van der Waals surface area contributed by atoms with Crippen molar-refractivity contribution in [2.75, 3.05) is 6.54 Å². The predicted octanol–water partition coefficient (Wildman–Crippen LogP) is 1.28. The Balaban J connectivity index is 2.74. The maximum absolute atomic E-state index is 13.0. The van der Waals surface area contributed by atoms with E-state index in [1.54, 1.807) is 13.8 Å². The number of hydrogen-bond acceptors (Lipinski definition) is 4. The van der Waals surface area contributed by atoms with Gasteiger partial charge in [0.2, 0.25) is 5.88 Å². The van der Waals surface area contributed by atoms with Gasteiger partial charge in [0.05, 0.1) is 12.7 Å². The van der Waals surface area contributed by atoms with E-state index in [-0.39, 0.29) is 12.4 Å². The molecule has 0 saturated carbocycles. The number of nitrogens with two attached hydrogens (primary N) is 1. The molecule has 0 aliphatic rings. The summed E-state index contributed by atoms with van der Waals surface area (Å²) in [7, 11) is 0. The third kappa shape index (κ3) is 4.17. The molecule has 6 nitrogen and oxygen atoms in total. The van der Waals surface area contributed by atoms with Crippen molar-refractivity contribution in [1.29, 1.82) is 0 Å². The van der Waals surface area contributed by atoms with Gasteiger partial charge in [0, 0.05) is 11.6 Å². The van der Waals surface area contributed by atoms with Gasteiger partial charge in [-0.2, -0.15) is 0 Å². The standard InChI is InChI=1S/C11H16FN3O3/c1-6(4-15-11(16)17)18-10-9(7(2)13)3-8(12)5-14-10/h3,5-7,15H,4,13H2,1-2H3,(H,16,17)/t6?,7-/m1/s1. The largest absolute Gasteiger partial charge is 0.473 e. The van der Waals surface area contributed by atoms with Crippen molar-refractivity contribution >= 4 is 6.09 Å². The summed E-state index contributed by atoms with van der Waals surface area (Å²) in [6, 6.07) is 0.826. The van der Waals surface area contributed by atoms with Gasteiger partial charge < -0.3 is 20.9 Å². The van der Waals surface area contributed by atoms with Crippen LogP contribution in [0.1, 0.15) is 25.5 Å². The fraction of sp³-hybridized carbons (Fsp3) is 0.455. The molecule has 7 heteroatoms. The zero-order valence-electron chi connectivity index (χ0n) is 10.2. The molecule has 0 fully saturated rings. The Bertz CT molecular complexity index is 426. The molecule has 0 saturated heterocycles. The highest BCUT2D eigenvalue weighted by Gasteiger charge is 2.14. The maximum atomic E-state index is 13.0. The van der Waals surface area contributed by atoms with E-state index in [1.807, 2.05) is 0 Å². The van der Waals surface area contributed by atoms with Gasteiger partial charge in [-0.05, 0) is 19.9 Å². The van der Waals surface area contributed by atoms with E-state index in [9.17, 15) is 9.18 Å². The van der Waals surface area contributed by atoms with Crippen LogP contribution < -0.4 is 15.8 Å². The molecule has 1 amide bonds. The molecule has 1 unspecified atom stereocenters. The van der Waals surface area contributed by atoms with E-state index in [2.05, 4.69) is 10.3 Å². The molecule has 2 atom stereocenters. The second-order valence-corrected chi connectivity index (χ2v) is 3.95. The second kappa shape index (κ2) is 6.15. The molecule has 1 aromatic rings. The molecule has 0 aliphatic carbocycles. The van der Waals surface area contributed by atoms with Gasteiger partial charge in [0.1, 0.15) is 11.9 Å². The molecule has 0 aliphatic heterocycles. The van der Waals surface area contributed by atoms with Crippen LogP contribution in [0.5, 0.6) is 5.88 Å². The summed E-state index contributed by atoms with van der Waals surface area (Å²) in [6.45, 7) is 3.46. The lowest BCUT2D eigenvalue weighted by atomic mass is 10.1. The first-order valence-corrected chi connectivity index (χ1v) is 5.44. The number of carbonyl (C=O) groups is 1. The Hall–Kier alpha value is -1.89. The number of nitrogens with zero attached hydrogens (tertiary/aromatic N) is 1. The fourth-order valence-electron chi connectivity index (χ4n) is 1.33. The highest BCUT2D eigenvalue weighted by molar-refractivity contribution is 5.64. The molecule has 1 heterocycles. The van der Waals surface area contributed by atoms with Gasteiger partial charge in [-0.3, -0.25) is 0 Å². The van der Waals surface area contributed by atoms with E-state index in [0.29, 0.717) is 5.56 Å². The lowest BCUT2D eigenvalue weighted by Crippen LogP contribution is -2.33. The number of ether oxygens (including phenoxy) is 1. The molecule has 100 valence electrons. The summed E-state index contributed by atoms with van der Waals surface area (Å²) in [4.78, 5) is 14.1. The van der Waals surface area contributed by atoms with E-state index < -0.39 is 24.1 Å². The van der Waals surface area contributed by atoms with Gasteiger partial charge in [-0.1, -0.05) is 0 Å². The van der Waals surface area contributed by atoms with Crippen LogP contribution in [-0.2, 0) is 0 Å². The molecular weight excluding hydrogens is 241 g/mol. The SMILES string of the molecule is CC(CNC(=O)O)Oc1ncc(F)cc1[C@@H](C)N. The minimum absolute atomic E-state index is 0.104. The molecule has 0 bridgehead atoms. The van der Waals surface area contributed by atoms with Crippen LogP contribution in [0.15, 0.2) is 12.3 Å². The van der Waals surface area contributed by atoms with Crippen molar-refractivity contribution in [1.82, 2.24) is 10.3 Å². The number of halogens is 1. The van der Waals surface area contributed by atoms with Crippen molar-refractivity contribution in [2.24, 2.45) is 5.73 Å². The lowest BCUT2D eigenvalue weighted by Gasteiger charge is -2.17. The first-order valence-electron chi connectivity index (χ1n) is 5.44. The van der Waals surface area contributed by atoms with Crippen molar-refractivity contribution in [3.8, 4) is 5.88 Å². The van der Waals surface area contributed by atoms with Crippen LogP contribution in [0.2, 0.25) is 0 Å². The van der Waals surface area contributed by atoms with Gasteiger partial charge in [0.25, 0.3) is 0 Å². The van der Waals surface area contributed by atoms with Crippen LogP contribution in [0.4, 0.5) is 9.18 Å². The normalized spacial score (nSPS) is 13.8. The Morgan fingerprint density at radius 3 is 2.89 bits per heavy atom. The zero-order valence-corrected chi connectivity index (χ0v) is 10.2. The number of aromatic nitrogens is 1. The van der Waals surface area contributed by atoms with E-state index in [4.69, 9.17) is 15.6 Å². The van der Waals surface area contributed by atoms with Crippen molar-refractivity contribution in [2.45, 2.75) is 26.0 Å². The Morgan fingerprint density at radius 2 is 2.33 bits per heavy atom. The van der Waals surface area contributed by atoms with Crippen LogP contribution in [0.3, 0.4) is 0 Å². The fourth-order valence-corrected chi connectivity index (χ4v) is 1.33. The van der Waals surface area contributed by atoms with Gasteiger partial charge in [0.15, 0.2) is 0 Å². The third-order valence-corrected chi connectivity index (χ3v) is 2.19. The topological polar surface area (TPSA) is 97.5 Å².